The molecule has 0 amide bonds. The van der Waals surface area contributed by atoms with Crippen molar-refractivity contribution < 1.29 is 0 Å². The van der Waals surface area contributed by atoms with Gasteiger partial charge in [0.15, 0.2) is 0 Å². The van der Waals surface area contributed by atoms with E-state index in [2.05, 4.69) is 13.0 Å². The summed E-state index contributed by atoms with van der Waals surface area (Å²) in [6.07, 6.45) is 5.28. The highest BCUT2D eigenvalue weighted by Gasteiger charge is 2.22. The van der Waals surface area contributed by atoms with Crippen molar-refractivity contribution in [1.29, 1.82) is 0 Å². The zero-order chi connectivity index (χ0) is 12.5. The van der Waals surface area contributed by atoms with Crippen molar-refractivity contribution in [3.8, 4) is 0 Å². The molecule has 0 spiro atoms. The fourth-order valence-corrected chi connectivity index (χ4v) is 3.99. The van der Waals surface area contributed by atoms with Crippen LogP contribution in [0.2, 0.25) is 0 Å². The molecule has 96 valence electrons. The molecule has 1 aromatic heterocycles. The summed E-state index contributed by atoms with van der Waals surface area (Å²) in [6.45, 7) is 3.24. The van der Waals surface area contributed by atoms with Crippen LogP contribution in [0.15, 0.2) is 29.1 Å². The summed E-state index contributed by atoms with van der Waals surface area (Å²) in [7, 11) is 0. The maximum atomic E-state index is 12.1. The lowest BCUT2D eigenvalue weighted by Crippen LogP contribution is -2.25. The summed E-state index contributed by atoms with van der Waals surface area (Å²) in [6, 6.07) is 8.14. The number of thiazole rings is 1. The number of hydrogen-bond donors (Lipinski definition) is 0. The maximum Gasteiger partial charge on any atom is 0.308 e. The summed E-state index contributed by atoms with van der Waals surface area (Å²) in [5, 5.41) is 0. The van der Waals surface area contributed by atoms with Gasteiger partial charge in [-0.05, 0) is 30.4 Å². The number of rotatable bonds is 2. The van der Waals surface area contributed by atoms with E-state index in [4.69, 9.17) is 0 Å². The van der Waals surface area contributed by atoms with Crippen molar-refractivity contribution in [3.63, 3.8) is 0 Å². The third-order valence-electron chi connectivity index (χ3n) is 4.28. The first-order valence-electron chi connectivity index (χ1n) is 6.84. The molecular weight excluding hydrogens is 242 g/mol. The van der Waals surface area contributed by atoms with E-state index < -0.39 is 0 Å². The van der Waals surface area contributed by atoms with Crippen molar-refractivity contribution in [2.75, 3.05) is 0 Å². The third kappa shape index (κ3) is 2.12. The molecule has 1 heterocycles. The number of aromatic nitrogens is 1. The third-order valence-corrected chi connectivity index (χ3v) is 5.24. The molecule has 0 N–H and O–H groups in total. The predicted octanol–water partition coefficient (Wildman–Crippen LogP) is 3.89. The van der Waals surface area contributed by atoms with Crippen LogP contribution in [0, 0.1) is 11.8 Å². The number of fused-ring (bicyclic) bond motifs is 1. The van der Waals surface area contributed by atoms with E-state index in [0.29, 0.717) is 5.92 Å². The van der Waals surface area contributed by atoms with E-state index >= 15 is 0 Å². The van der Waals surface area contributed by atoms with E-state index in [1.807, 2.05) is 22.8 Å². The highest BCUT2D eigenvalue weighted by Crippen LogP contribution is 2.31. The summed E-state index contributed by atoms with van der Waals surface area (Å²) in [5.41, 5.74) is 1.12. The van der Waals surface area contributed by atoms with Gasteiger partial charge >= 0.3 is 4.87 Å². The van der Waals surface area contributed by atoms with E-state index in [-0.39, 0.29) is 4.87 Å². The van der Waals surface area contributed by atoms with Gasteiger partial charge in [0.05, 0.1) is 10.2 Å². The minimum Gasteiger partial charge on any atom is -0.298 e. The Bertz CT molecular complexity index is 598. The van der Waals surface area contributed by atoms with Crippen molar-refractivity contribution in [2.24, 2.45) is 11.8 Å². The van der Waals surface area contributed by atoms with Crippen LogP contribution in [0.25, 0.3) is 10.2 Å². The summed E-state index contributed by atoms with van der Waals surface area (Å²) in [5.74, 6) is 1.43. The molecule has 0 saturated heterocycles. The molecule has 0 unspecified atom stereocenters. The molecule has 1 aliphatic rings. The normalized spacial score (nSPS) is 24.5. The van der Waals surface area contributed by atoms with Crippen LogP contribution < -0.4 is 4.87 Å². The van der Waals surface area contributed by atoms with Crippen molar-refractivity contribution in [3.05, 3.63) is 33.9 Å². The standard InChI is InChI=1S/C15H19NOS/c1-11-6-2-3-7-12(11)10-16-13-8-4-5-9-14(13)18-15(16)17/h4-5,8-9,11-12H,2-3,6-7,10H2,1H3/t11-,12-/m1/s1. The van der Waals surface area contributed by atoms with Gasteiger partial charge in [-0.25, -0.2) is 0 Å². The van der Waals surface area contributed by atoms with Crippen LogP contribution in [0.5, 0.6) is 0 Å². The first kappa shape index (κ1) is 12.0. The highest BCUT2D eigenvalue weighted by atomic mass is 32.1. The molecule has 2 aromatic rings. The zero-order valence-corrected chi connectivity index (χ0v) is 11.6. The lowest BCUT2D eigenvalue weighted by molar-refractivity contribution is 0.229. The Morgan fingerprint density at radius 2 is 2.06 bits per heavy atom. The molecular formula is C15H19NOS. The predicted molar refractivity (Wildman–Crippen MR) is 77.2 cm³/mol. The van der Waals surface area contributed by atoms with Gasteiger partial charge in [0.2, 0.25) is 0 Å². The molecule has 0 aliphatic heterocycles. The van der Waals surface area contributed by atoms with Gasteiger partial charge in [-0.15, -0.1) is 0 Å². The van der Waals surface area contributed by atoms with Gasteiger partial charge in [0.1, 0.15) is 0 Å². The zero-order valence-electron chi connectivity index (χ0n) is 10.8. The number of para-hydroxylation sites is 1. The van der Waals surface area contributed by atoms with E-state index in [1.54, 1.807) is 0 Å². The molecule has 0 bridgehead atoms. The maximum absolute atomic E-state index is 12.1. The van der Waals surface area contributed by atoms with Crippen molar-refractivity contribution >= 4 is 21.6 Å². The second-order valence-electron chi connectivity index (χ2n) is 5.47. The topological polar surface area (TPSA) is 22.0 Å². The number of hydrogen-bond acceptors (Lipinski definition) is 2. The average Bonchev–Trinajstić information content (AvgIpc) is 2.69. The van der Waals surface area contributed by atoms with Crippen molar-refractivity contribution in [1.82, 2.24) is 4.57 Å². The van der Waals surface area contributed by atoms with Gasteiger partial charge < -0.3 is 0 Å². The Morgan fingerprint density at radius 3 is 2.89 bits per heavy atom. The summed E-state index contributed by atoms with van der Waals surface area (Å²) in [4.78, 5) is 12.3. The number of nitrogens with zero attached hydrogens (tertiary/aromatic N) is 1. The van der Waals surface area contributed by atoms with Gasteiger partial charge in [0, 0.05) is 6.54 Å². The minimum atomic E-state index is 0.203. The van der Waals surface area contributed by atoms with Crippen LogP contribution in [-0.4, -0.2) is 4.57 Å². The molecule has 18 heavy (non-hydrogen) atoms. The van der Waals surface area contributed by atoms with Crippen LogP contribution in [0.4, 0.5) is 0 Å². The van der Waals surface area contributed by atoms with Gasteiger partial charge in [0.25, 0.3) is 0 Å². The average molecular weight is 261 g/mol. The van der Waals surface area contributed by atoms with E-state index in [1.165, 1.54) is 37.0 Å². The Labute approximate surface area is 111 Å². The fourth-order valence-electron chi connectivity index (χ4n) is 3.09. The van der Waals surface area contributed by atoms with Crippen LogP contribution in [0.3, 0.4) is 0 Å². The molecule has 3 rings (SSSR count). The van der Waals surface area contributed by atoms with Crippen LogP contribution >= 0.6 is 11.3 Å². The van der Waals surface area contributed by atoms with Crippen LogP contribution in [-0.2, 0) is 6.54 Å². The molecule has 2 atom stereocenters. The Kier molecular flexibility index (Phi) is 3.25. The van der Waals surface area contributed by atoms with Crippen molar-refractivity contribution in [2.45, 2.75) is 39.2 Å². The Morgan fingerprint density at radius 1 is 1.28 bits per heavy atom. The molecule has 0 radical (unpaired) electrons. The number of benzene rings is 1. The molecule has 1 fully saturated rings. The first-order chi connectivity index (χ1) is 8.75. The van der Waals surface area contributed by atoms with Crippen LogP contribution in [0.1, 0.15) is 32.6 Å². The fraction of sp³-hybridized carbons (Fsp3) is 0.533. The summed E-state index contributed by atoms with van der Waals surface area (Å²) >= 11 is 1.38. The smallest absolute Gasteiger partial charge is 0.298 e. The quantitative estimate of drug-likeness (QED) is 0.804. The summed E-state index contributed by atoms with van der Waals surface area (Å²) < 4.78 is 3.11. The van der Waals surface area contributed by atoms with Gasteiger partial charge in [-0.2, -0.15) is 0 Å². The largest absolute Gasteiger partial charge is 0.308 e. The monoisotopic (exact) mass is 261 g/mol. The molecule has 1 saturated carbocycles. The molecule has 3 heteroatoms. The second-order valence-corrected chi connectivity index (χ2v) is 6.46. The Hall–Kier alpha value is -1.09. The molecule has 1 aliphatic carbocycles. The minimum absolute atomic E-state index is 0.203. The lowest BCUT2D eigenvalue weighted by atomic mass is 9.80. The second kappa shape index (κ2) is 4.88. The SMILES string of the molecule is C[C@@H]1CCCC[C@@H]1Cn1c(=O)sc2ccccc21. The van der Waals surface area contributed by atoms with Gasteiger partial charge in [-0.3, -0.25) is 9.36 Å². The van der Waals surface area contributed by atoms with E-state index in [0.717, 1.165) is 22.7 Å². The molecule has 1 aromatic carbocycles. The van der Waals surface area contributed by atoms with Gasteiger partial charge in [-0.1, -0.05) is 49.7 Å². The Balaban J connectivity index is 1.94. The highest BCUT2D eigenvalue weighted by molar-refractivity contribution is 7.16. The van der Waals surface area contributed by atoms with E-state index in [9.17, 15) is 4.79 Å². The molecule has 2 nitrogen and oxygen atoms in total. The first-order valence-corrected chi connectivity index (χ1v) is 7.66. The lowest BCUT2D eigenvalue weighted by Gasteiger charge is -2.28.